The minimum atomic E-state index is -0.333. The van der Waals surface area contributed by atoms with Crippen LogP contribution in [0, 0.1) is 6.92 Å². The molecule has 0 saturated carbocycles. The summed E-state index contributed by atoms with van der Waals surface area (Å²) in [6, 6.07) is 8.75. The molecule has 0 aliphatic rings. The van der Waals surface area contributed by atoms with Crippen LogP contribution in [0.1, 0.15) is 12.5 Å². The van der Waals surface area contributed by atoms with E-state index in [1.807, 2.05) is 19.1 Å². The van der Waals surface area contributed by atoms with Gasteiger partial charge in [-0.05, 0) is 43.7 Å². The first kappa shape index (κ1) is 16.6. The highest BCUT2D eigenvalue weighted by molar-refractivity contribution is 5.92. The van der Waals surface area contributed by atoms with Crippen LogP contribution < -0.4 is 20.3 Å². The van der Waals surface area contributed by atoms with Crippen molar-refractivity contribution in [3.05, 3.63) is 52.4 Å². The number of anilines is 1. The van der Waals surface area contributed by atoms with E-state index in [9.17, 15) is 9.59 Å². The van der Waals surface area contributed by atoms with Crippen LogP contribution in [0.15, 0.2) is 41.3 Å². The molecule has 1 aromatic heterocycles. The van der Waals surface area contributed by atoms with Gasteiger partial charge in [-0.3, -0.25) is 9.59 Å². The summed E-state index contributed by atoms with van der Waals surface area (Å²) in [7, 11) is 1.54. The molecule has 1 N–H and O–H groups in total. The Bertz CT molecular complexity index is 752. The lowest BCUT2D eigenvalue weighted by Gasteiger charge is -2.12. The van der Waals surface area contributed by atoms with E-state index in [-0.39, 0.29) is 23.8 Å². The monoisotopic (exact) mass is 316 g/mol. The van der Waals surface area contributed by atoms with Gasteiger partial charge in [0.15, 0.2) is 5.75 Å². The molecule has 1 aromatic carbocycles. The number of nitrogens with one attached hydrogen (secondary N) is 1. The van der Waals surface area contributed by atoms with Crippen molar-refractivity contribution in [3.8, 4) is 11.5 Å². The summed E-state index contributed by atoms with van der Waals surface area (Å²) in [4.78, 5) is 24.4. The van der Waals surface area contributed by atoms with Gasteiger partial charge in [0.2, 0.25) is 5.91 Å². The highest BCUT2D eigenvalue weighted by atomic mass is 16.5. The van der Waals surface area contributed by atoms with Gasteiger partial charge >= 0.3 is 0 Å². The molecule has 2 rings (SSSR count). The number of amides is 1. The van der Waals surface area contributed by atoms with E-state index < -0.39 is 0 Å². The smallest absolute Gasteiger partial charge is 0.293 e. The number of pyridine rings is 1. The molecule has 0 atom stereocenters. The molecule has 122 valence electrons. The Balaban J connectivity index is 2.16. The Hall–Kier alpha value is -2.76. The molecular formula is C17H20N2O4. The largest absolute Gasteiger partial charge is 0.495 e. The predicted octanol–water partition coefficient (Wildman–Crippen LogP) is 2.20. The normalized spacial score (nSPS) is 10.2. The number of aromatic nitrogens is 1. The average Bonchev–Trinajstić information content (AvgIpc) is 2.51. The molecule has 0 bridgehead atoms. The van der Waals surface area contributed by atoms with Gasteiger partial charge in [-0.25, -0.2) is 0 Å². The molecule has 23 heavy (non-hydrogen) atoms. The van der Waals surface area contributed by atoms with Gasteiger partial charge in [-0.1, -0.05) is 6.07 Å². The highest BCUT2D eigenvalue weighted by Gasteiger charge is 2.11. The van der Waals surface area contributed by atoms with Crippen molar-refractivity contribution in [1.29, 1.82) is 0 Å². The van der Waals surface area contributed by atoms with Gasteiger partial charge in [0.05, 0.1) is 19.4 Å². The van der Waals surface area contributed by atoms with Crippen molar-refractivity contribution in [2.45, 2.75) is 20.4 Å². The Kier molecular flexibility index (Phi) is 5.41. The van der Waals surface area contributed by atoms with Crippen LogP contribution in [0.3, 0.4) is 0 Å². The van der Waals surface area contributed by atoms with Crippen molar-refractivity contribution in [2.75, 3.05) is 19.0 Å². The van der Waals surface area contributed by atoms with Crippen LogP contribution >= 0.6 is 0 Å². The maximum Gasteiger partial charge on any atom is 0.293 e. The molecular weight excluding hydrogens is 296 g/mol. The zero-order valence-electron chi connectivity index (χ0n) is 13.5. The lowest BCUT2D eigenvalue weighted by Crippen LogP contribution is -2.28. The van der Waals surface area contributed by atoms with Crippen LogP contribution in [0.5, 0.6) is 11.5 Å². The highest BCUT2D eigenvalue weighted by Crippen LogP contribution is 2.25. The summed E-state index contributed by atoms with van der Waals surface area (Å²) in [6.07, 6.45) is 1.55. The number of carbonyl (C=O) groups excluding carboxylic acids is 1. The number of aryl methyl sites for hydroxylation is 1. The lowest BCUT2D eigenvalue weighted by molar-refractivity contribution is -0.116. The summed E-state index contributed by atoms with van der Waals surface area (Å²) >= 11 is 0. The van der Waals surface area contributed by atoms with Gasteiger partial charge in [-0.2, -0.15) is 0 Å². The number of carbonyl (C=O) groups is 1. The van der Waals surface area contributed by atoms with Gasteiger partial charge in [0.1, 0.15) is 12.3 Å². The van der Waals surface area contributed by atoms with Crippen LogP contribution in [0.4, 0.5) is 5.69 Å². The van der Waals surface area contributed by atoms with Crippen molar-refractivity contribution in [3.63, 3.8) is 0 Å². The van der Waals surface area contributed by atoms with Crippen molar-refractivity contribution in [2.24, 2.45) is 0 Å². The summed E-state index contributed by atoms with van der Waals surface area (Å²) in [5, 5.41) is 2.76. The molecule has 2 aromatic rings. The fraction of sp³-hybridized carbons (Fsp3) is 0.294. The van der Waals surface area contributed by atoms with Crippen LogP contribution in [-0.4, -0.2) is 24.2 Å². The van der Waals surface area contributed by atoms with E-state index in [0.29, 0.717) is 18.0 Å². The second kappa shape index (κ2) is 7.49. The van der Waals surface area contributed by atoms with Gasteiger partial charge in [0.25, 0.3) is 5.56 Å². The summed E-state index contributed by atoms with van der Waals surface area (Å²) < 4.78 is 11.8. The first-order chi connectivity index (χ1) is 11.0. The first-order valence-corrected chi connectivity index (χ1v) is 7.32. The number of benzene rings is 1. The van der Waals surface area contributed by atoms with E-state index in [2.05, 4.69) is 5.32 Å². The van der Waals surface area contributed by atoms with Crippen molar-refractivity contribution < 1.29 is 14.3 Å². The Morgan fingerprint density at radius 2 is 2.04 bits per heavy atom. The zero-order chi connectivity index (χ0) is 16.8. The van der Waals surface area contributed by atoms with Crippen LogP contribution in [0.25, 0.3) is 0 Å². The van der Waals surface area contributed by atoms with Crippen LogP contribution in [0.2, 0.25) is 0 Å². The third kappa shape index (κ3) is 4.12. The molecule has 0 spiro atoms. The number of rotatable bonds is 6. The minimum absolute atomic E-state index is 0.100. The SMILES string of the molecule is CCOc1cccn(CC(=O)Nc2cc(C)ccc2OC)c1=O. The minimum Gasteiger partial charge on any atom is -0.495 e. The number of hydrogen-bond acceptors (Lipinski definition) is 4. The molecule has 1 heterocycles. The lowest BCUT2D eigenvalue weighted by atomic mass is 10.2. The summed E-state index contributed by atoms with van der Waals surface area (Å²) in [5.41, 5.74) is 1.24. The van der Waals surface area contributed by atoms with E-state index in [4.69, 9.17) is 9.47 Å². The molecule has 0 aliphatic heterocycles. The van der Waals surface area contributed by atoms with Gasteiger partial charge in [-0.15, -0.1) is 0 Å². The third-order valence-corrected chi connectivity index (χ3v) is 3.23. The fourth-order valence-corrected chi connectivity index (χ4v) is 2.17. The standard InChI is InChI=1S/C17H20N2O4/c1-4-23-15-6-5-9-19(17(15)21)11-16(20)18-13-10-12(2)7-8-14(13)22-3/h5-10H,4,11H2,1-3H3,(H,18,20). The zero-order valence-corrected chi connectivity index (χ0v) is 13.5. The maximum absolute atomic E-state index is 12.2. The van der Waals surface area contributed by atoms with Crippen molar-refractivity contribution in [1.82, 2.24) is 4.57 Å². The molecule has 0 unspecified atom stereocenters. The van der Waals surface area contributed by atoms with E-state index in [0.717, 1.165) is 5.56 Å². The van der Waals surface area contributed by atoms with Gasteiger partial charge in [0, 0.05) is 6.20 Å². The molecule has 1 amide bonds. The first-order valence-electron chi connectivity index (χ1n) is 7.32. The number of methoxy groups -OCH3 is 1. The Labute approximate surface area is 134 Å². The molecule has 0 saturated heterocycles. The molecule has 0 fully saturated rings. The third-order valence-electron chi connectivity index (χ3n) is 3.23. The van der Waals surface area contributed by atoms with E-state index in [1.54, 1.807) is 31.3 Å². The Morgan fingerprint density at radius 1 is 1.26 bits per heavy atom. The van der Waals surface area contributed by atoms with Crippen molar-refractivity contribution >= 4 is 11.6 Å². The average molecular weight is 316 g/mol. The predicted molar refractivity (Wildman–Crippen MR) is 88.2 cm³/mol. The second-order valence-electron chi connectivity index (χ2n) is 4.99. The quantitative estimate of drug-likeness (QED) is 0.887. The van der Waals surface area contributed by atoms with E-state index >= 15 is 0 Å². The molecule has 0 radical (unpaired) electrons. The molecule has 6 heteroatoms. The summed E-state index contributed by atoms with van der Waals surface area (Å²) in [5.74, 6) is 0.486. The summed E-state index contributed by atoms with van der Waals surface area (Å²) in [6.45, 7) is 4.02. The van der Waals surface area contributed by atoms with E-state index in [1.165, 1.54) is 11.7 Å². The molecule has 6 nitrogen and oxygen atoms in total. The number of ether oxygens (including phenoxy) is 2. The topological polar surface area (TPSA) is 69.6 Å². The fourth-order valence-electron chi connectivity index (χ4n) is 2.17. The molecule has 0 aliphatic carbocycles. The van der Waals surface area contributed by atoms with Crippen LogP contribution in [-0.2, 0) is 11.3 Å². The second-order valence-corrected chi connectivity index (χ2v) is 4.99. The maximum atomic E-state index is 12.2. The number of nitrogens with zero attached hydrogens (tertiary/aromatic N) is 1. The Morgan fingerprint density at radius 3 is 2.74 bits per heavy atom. The number of hydrogen-bond donors (Lipinski definition) is 1. The van der Waals surface area contributed by atoms with Gasteiger partial charge < -0.3 is 19.4 Å².